The lowest BCUT2D eigenvalue weighted by molar-refractivity contribution is -0.116. The molecule has 0 bridgehead atoms. The van der Waals surface area contributed by atoms with Gasteiger partial charge in [0.25, 0.3) is 5.92 Å². The number of nitrogens with two attached hydrogens (primary N) is 1. The van der Waals surface area contributed by atoms with Gasteiger partial charge in [0.1, 0.15) is 31.2 Å². The summed E-state index contributed by atoms with van der Waals surface area (Å²) in [6, 6.07) is 3.92. The SMILES string of the molecule is CC1(c2cc(-c3cncnc3)ccc2F)N=C(N)COCC1(F)F. The van der Waals surface area contributed by atoms with Gasteiger partial charge in [-0.25, -0.2) is 23.1 Å². The predicted molar refractivity (Wildman–Crippen MR) is 82.2 cm³/mol. The Labute approximate surface area is 136 Å². The van der Waals surface area contributed by atoms with Crippen LogP contribution in [0.15, 0.2) is 41.9 Å². The second-order valence-electron chi connectivity index (χ2n) is 5.69. The molecule has 2 N–H and O–H groups in total. The Morgan fingerprint density at radius 1 is 1.17 bits per heavy atom. The van der Waals surface area contributed by atoms with Crippen molar-refractivity contribution in [2.24, 2.45) is 10.7 Å². The number of ether oxygens (including phenoxy) is 1. The van der Waals surface area contributed by atoms with Crippen LogP contribution in [0.4, 0.5) is 13.2 Å². The number of hydrogen-bond acceptors (Lipinski definition) is 5. The molecule has 1 aliphatic rings. The number of halogens is 3. The second kappa shape index (κ2) is 5.86. The summed E-state index contributed by atoms with van der Waals surface area (Å²) in [5, 5.41) is 0. The number of amidine groups is 1. The first-order chi connectivity index (χ1) is 11.3. The first-order valence-electron chi connectivity index (χ1n) is 7.19. The number of aromatic nitrogens is 2. The standard InChI is InChI=1S/C16H15F3N4O/c1-15(16(18,19)8-24-7-14(20)23-15)12-4-10(2-3-13(12)17)11-5-21-9-22-6-11/h2-6,9H,7-8H2,1H3,(H2,20,23). The van der Waals surface area contributed by atoms with Gasteiger partial charge in [-0.2, -0.15) is 0 Å². The van der Waals surface area contributed by atoms with Gasteiger partial charge in [0.2, 0.25) is 0 Å². The highest BCUT2D eigenvalue weighted by Gasteiger charge is 2.54. The molecule has 1 aromatic carbocycles. The molecule has 0 saturated carbocycles. The highest BCUT2D eigenvalue weighted by Crippen LogP contribution is 2.44. The maximum Gasteiger partial charge on any atom is 0.299 e. The van der Waals surface area contributed by atoms with E-state index in [9.17, 15) is 13.2 Å². The average molecular weight is 336 g/mol. The summed E-state index contributed by atoms with van der Waals surface area (Å²) >= 11 is 0. The van der Waals surface area contributed by atoms with Crippen LogP contribution in [0, 0.1) is 5.82 Å². The Bertz CT molecular complexity index is 782. The van der Waals surface area contributed by atoms with Crippen molar-refractivity contribution in [2.45, 2.75) is 18.4 Å². The third-order valence-electron chi connectivity index (χ3n) is 4.00. The van der Waals surface area contributed by atoms with Gasteiger partial charge in [0.15, 0.2) is 5.54 Å². The monoisotopic (exact) mass is 336 g/mol. The summed E-state index contributed by atoms with van der Waals surface area (Å²) in [4.78, 5) is 11.6. The Morgan fingerprint density at radius 3 is 2.58 bits per heavy atom. The van der Waals surface area contributed by atoms with Crippen LogP contribution in [-0.2, 0) is 10.3 Å². The summed E-state index contributed by atoms with van der Waals surface area (Å²) in [6.07, 6.45) is 4.37. The summed E-state index contributed by atoms with van der Waals surface area (Å²) in [5.41, 5.74) is 4.26. The molecule has 2 heterocycles. The van der Waals surface area contributed by atoms with Crippen molar-refractivity contribution < 1.29 is 17.9 Å². The maximum absolute atomic E-state index is 14.6. The van der Waals surface area contributed by atoms with Gasteiger partial charge >= 0.3 is 0 Å². The first-order valence-corrected chi connectivity index (χ1v) is 7.19. The minimum absolute atomic E-state index is 0.109. The van der Waals surface area contributed by atoms with Crippen LogP contribution in [0.1, 0.15) is 12.5 Å². The fourth-order valence-corrected chi connectivity index (χ4v) is 2.61. The molecule has 1 aliphatic heterocycles. The Hall–Kier alpha value is -2.48. The molecule has 126 valence electrons. The molecule has 5 nitrogen and oxygen atoms in total. The maximum atomic E-state index is 14.6. The zero-order valence-corrected chi connectivity index (χ0v) is 12.8. The topological polar surface area (TPSA) is 73.4 Å². The lowest BCUT2D eigenvalue weighted by Gasteiger charge is -2.33. The summed E-state index contributed by atoms with van der Waals surface area (Å²) in [7, 11) is 0. The van der Waals surface area contributed by atoms with Gasteiger partial charge < -0.3 is 10.5 Å². The van der Waals surface area contributed by atoms with Crippen molar-refractivity contribution >= 4 is 5.84 Å². The molecule has 0 saturated heterocycles. The van der Waals surface area contributed by atoms with Gasteiger partial charge in [-0.3, -0.25) is 4.99 Å². The van der Waals surface area contributed by atoms with E-state index in [0.717, 1.165) is 13.0 Å². The van der Waals surface area contributed by atoms with E-state index in [0.29, 0.717) is 11.1 Å². The van der Waals surface area contributed by atoms with E-state index in [2.05, 4.69) is 15.0 Å². The molecule has 1 atom stereocenters. The molecule has 3 rings (SSSR count). The Balaban J connectivity index is 2.18. The zero-order chi connectivity index (χ0) is 17.4. The quantitative estimate of drug-likeness (QED) is 0.914. The number of alkyl halides is 2. The minimum atomic E-state index is -3.43. The number of benzene rings is 1. The van der Waals surface area contributed by atoms with Crippen LogP contribution in [0.3, 0.4) is 0 Å². The average Bonchev–Trinajstić information content (AvgIpc) is 2.65. The summed E-state index contributed by atoms with van der Waals surface area (Å²) in [5.74, 6) is -4.33. The first kappa shape index (κ1) is 16.4. The minimum Gasteiger partial charge on any atom is -0.385 e. The number of aliphatic imine (C=N–C) groups is 1. The van der Waals surface area contributed by atoms with Crippen LogP contribution >= 0.6 is 0 Å². The van der Waals surface area contributed by atoms with E-state index >= 15 is 0 Å². The fourth-order valence-electron chi connectivity index (χ4n) is 2.61. The Kier molecular flexibility index (Phi) is 4.00. The van der Waals surface area contributed by atoms with Gasteiger partial charge in [-0.05, 0) is 24.6 Å². The molecule has 2 aromatic rings. The second-order valence-corrected chi connectivity index (χ2v) is 5.69. The van der Waals surface area contributed by atoms with Crippen molar-refractivity contribution in [1.29, 1.82) is 0 Å². The Morgan fingerprint density at radius 2 is 1.88 bits per heavy atom. The van der Waals surface area contributed by atoms with Crippen LogP contribution in [-0.4, -0.2) is 34.9 Å². The molecule has 0 spiro atoms. The van der Waals surface area contributed by atoms with Crippen molar-refractivity contribution in [1.82, 2.24) is 9.97 Å². The van der Waals surface area contributed by atoms with Crippen molar-refractivity contribution in [2.75, 3.05) is 13.2 Å². The van der Waals surface area contributed by atoms with Gasteiger partial charge in [-0.1, -0.05) is 6.07 Å². The molecule has 8 heteroatoms. The number of nitrogens with zero attached hydrogens (tertiary/aromatic N) is 3. The lowest BCUT2D eigenvalue weighted by atomic mass is 9.84. The van der Waals surface area contributed by atoms with E-state index in [4.69, 9.17) is 10.5 Å². The molecular formula is C16H15F3N4O. The molecule has 0 radical (unpaired) electrons. The summed E-state index contributed by atoms with van der Waals surface area (Å²) in [6.45, 7) is 0.0308. The van der Waals surface area contributed by atoms with E-state index in [1.54, 1.807) is 0 Å². The third kappa shape index (κ3) is 2.73. The fraction of sp³-hybridized carbons (Fsp3) is 0.312. The van der Waals surface area contributed by atoms with Crippen LogP contribution in [0.5, 0.6) is 0 Å². The molecule has 24 heavy (non-hydrogen) atoms. The van der Waals surface area contributed by atoms with Gasteiger partial charge in [0, 0.05) is 23.5 Å². The molecular weight excluding hydrogens is 321 g/mol. The summed E-state index contributed by atoms with van der Waals surface area (Å²) < 4.78 is 48.5. The molecule has 0 fully saturated rings. The lowest BCUT2D eigenvalue weighted by Crippen LogP contribution is -2.45. The third-order valence-corrected chi connectivity index (χ3v) is 4.00. The van der Waals surface area contributed by atoms with E-state index in [1.165, 1.54) is 30.9 Å². The predicted octanol–water partition coefficient (Wildman–Crippen LogP) is 2.52. The number of rotatable bonds is 2. The highest BCUT2D eigenvalue weighted by molar-refractivity contribution is 5.82. The zero-order valence-electron chi connectivity index (χ0n) is 12.8. The van der Waals surface area contributed by atoms with Crippen molar-refractivity contribution in [3.63, 3.8) is 0 Å². The van der Waals surface area contributed by atoms with Crippen LogP contribution in [0.25, 0.3) is 11.1 Å². The van der Waals surface area contributed by atoms with Crippen molar-refractivity contribution in [3.05, 3.63) is 48.3 Å². The molecule has 1 unspecified atom stereocenters. The molecule has 0 amide bonds. The van der Waals surface area contributed by atoms with Gasteiger partial charge in [-0.15, -0.1) is 0 Å². The van der Waals surface area contributed by atoms with E-state index in [-0.39, 0.29) is 18.0 Å². The van der Waals surface area contributed by atoms with Crippen molar-refractivity contribution in [3.8, 4) is 11.1 Å². The normalized spacial score (nSPS) is 23.4. The smallest absolute Gasteiger partial charge is 0.299 e. The molecule has 1 aromatic heterocycles. The molecule has 0 aliphatic carbocycles. The van der Waals surface area contributed by atoms with E-state index < -0.39 is 23.9 Å². The highest BCUT2D eigenvalue weighted by atomic mass is 19.3. The number of hydrogen-bond donors (Lipinski definition) is 1. The van der Waals surface area contributed by atoms with Crippen LogP contribution < -0.4 is 5.73 Å². The van der Waals surface area contributed by atoms with E-state index in [1.807, 2.05) is 0 Å². The van der Waals surface area contributed by atoms with Crippen LogP contribution in [0.2, 0.25) is 0 Å². The largest absolute Gasteiger partial charge is 0.385 e. The van der Waals surface area contributed by atoms with Gasteiger partial charge in [0.05, 0.1) is 0 Å².